The summed E-state index contributed by atoms with van der Waals surface area (Å²) in [6.45, 7) is -0.148. The molecule has 3 rings (SSSR count). The molecule has 22 heavy (non-hydrogen) atoms. The lowest BCUT2D eigenvalue weighted by atomic mass is 9.95. The minimum Gasteiger partial charge on any atom is -0.442 e. The minimum absolute atomic E-state index is 0.148. The molecule has 0 unspecified atom stereocenters. The molecule has 2 aliphatic rings. The van der Waals surface area contributed by atoms with Gasteiger partial charge in [0, 0.05) is 5.56 Å². The van der Waals surface area contributed by atoms with Gasteiger partial charge in [0.05, 0.1) is 5.56 Å². The molecule has 0 fully saturated rings. The zero-order chi connectivity index (χ0) is 15.7. The number of ether oxygens (including phenoxy) is 1. The van der Waals surface area contributed by atoms with Gasteiger partial charge < -0.3 is 4.74 Å². The number of carbonyl (C=O) groups excluding carboxylic acids is 1. The Kier molecular flexibility index (Phi) is 3.64. The van der Waals surface area contributed by atoms with Gasteiger partial charge in [-0.1, -0.05) is 18.2 Å². The average Bonchev–Trinajstić information content (AvgIpc) is 3.01. The van der Waals surface area contributed by atoms with E-state index in [2.05, 4.69) is 10.5 Å². The second-order valence-electron chi connectivity index (χ2n) is 5.13. The molecule has 116 valence electrons. The highest BCUT2D eigenvalue weighted by atomic mass is 19.4. The largest absolute Gasteiger partial charge is 0.442 e. The molecule has 1 aliphatic heterocycles. The molecule has 0 saturated carbocycles. The third kappa shape index (κ3) is 2.84. The molecular formula is C15H13F3N2O2. The van der Waals surface area contributed by atoms with Crippen LogP contribution < -0.4 is 5.43 Å². The van der Waals surface area contributed by atoms with Gasteiger partial charge in [0.2, 0.25) is 0 Å². The molecule has 0 saturated heterocycles. The molecule has 0 aromatic heterocycles. The van der Waals surface area contributed by atoms with E-state index in [0.717, 1.165) is 24.5 Å². The van der Waals surface area contributed by atoms with Crippen LogP contribution in [0.4, 0.5) is 18.0 Å². The summed E-state index contributed by atoms with van der Waals surface area (Å²) in [5.74, 6) is 0. The van der Waals surface area contributed by atoms with Crippen LogP contribution in [0.3, 0.4) is 0 Å². The first-order valence-corrected chi connectivity index (χ1v) is 6.85. The van der Waals surface area contributed by atoms with Crippen LogP contribution >= 0.6 is 0 Å². The molecule has 7 heteroatoms. The number of benzene rings is 1. The monoisotopic (exact) mass is 310 g/mol. The zero-order valence-electron chi connectivity index (χ0n) is 11.5. The average molecular weight is 310 g/mol. The number of nitrogens with zero attached hydrogens (tertiary/aromatic N) is 1. The molecular weight excluding hydrogens is 297 g/mol. The first-order valence-electron chi connectivity index (χ1n) is 6.85. The smallest absolute Gasteiger partial charge is 0.428 e. The SMILES string of the molecule is O=C1NN=C(c2ccc(C3=CCCC3)c(C(F)(F)F)c2)CO1. The Morgan fingerprint density at radius 1 is 1.27 bits per heavy atom. The molecule has 0 atom stereocenters. The Bertz CT molecular complexity index is 678. The van der Waals surface area contributed by atoms with Crippen molar-refractivity contribution in [2.75, 3.05) is 6.61 Å². The summed E-state index contributed by atoms with van der Waals surface area (Å²) in [7, 11) is 0. The van der Waals surface area contributed by atoms with Crippen molar-refractivity contribution in [1.82, 2.24) is 5.43 Å². The normalized spacial score (nSPS) is 18.4. The van der Waals surface area contributed by atoms with Gasteiger partial charge in [0.1, 0.15) is 12.3 Å². The van der Waals surface area contributed by atoms with Crippen molar-refractivity contribution in [3.05, 3.63) is 41.0 Å². The Morgan fingerprint density at radius 3 is 2.68 bits per heavy atom. The predicted molar refractivity (Wildman–Crippen MR) is 74.3 cm³/mol. The summed E-state index contributed by atoms with van der Waals surface area (Å²) in [5.41, 5.74) is 2.91. The molecule has 1 aromatic rings. The van der Waals surface area contributed by atoms with Crippen LogP contribution in [0.2, 0.25) is 0 Å². The molecule has 0 bridgehead atoms. The lowest BCUT2D eigenvalue weighted by Crippen LogP contribution is -2.30. The molecule has 1 aromatic carbocycles. The zero-order valence-corrected chi connectivity index (χ0v) is 11.5. The van der Waals surface area contributed by atoms with Gasteiger partial charge in [-0.05, 0) is 36.5 Å². The summed E-state index contributed by atoms with van der Waals surface area (Å²) in [6.07, 6.45) is -0.975. The highest BCUT2D eigenvalue weighted by molar-refractivity contribution is 6.04. The molecule has 1 N–H and O–H groups in total. The number of amides is 1. The quantitative estimate of drug-likeness (QED) is 0.905. The van der Waals surface area contributed by atoms with Gasteiger partial charge in [-0.15, -0.1) is 0 Å². The van der Waals surface area contributed by atoms with Crippen molar-refractivity contribution in [2.24, 2.45) is 5.10 Å². The molecule has 4 nitrogen and oxygen atoms in total. The van der Waals surface area contributed by atoms with Gasteiger partial charge in [0.25, 0.3) is 0 Å². The van der Waals surface area contributed by atoms with Crippen molar-refractivity contribution in [3.8, 4) is 0 Å². The van der Waals surface area contributed by atoms with Crippen molar-refractivity contribution in [3.63, 3.8) is 0 Å². The maximum Gasteiger partial charge on any atom is 0.428 e. The third-order valence-corrected chi connectivity index (χ3v) is 3.67. The Hall–Kier alpha value is -2.31. The van der Waals surface area contributed by atoms with E-state index in [-0.39, 0.29) is 23.4 Å². The molecule has 0 spiro atoms. The standard InChI is InChI=1S/C15H13F3N2O2/c16-15(17,18)12-7-10(13-8-22-14(21)20-19-13)5-6-11(12)9-3-1-2-4-9/h3,5-7H,1-2,4,8H2,(H,20,21). The fraction of sp³-hybridized carbons (Fsp3) is 0.333. The second-order valence-corrected chi connectivity index (χ2v) is 5.13. The Labute approximate surface area is 124 Å². The van der Waals surface area contributed by atoms with Crippen LogP contribution in [0, 0.1) is 0 Å². The first kappa shape index (κ1) is 14.6. The van der Waals surface area contributed by atoms with Gasteiger partial charge in [-0.25, -0.2) is 10.2 Å². The van der Waals surface area contributed by atoms with E-state index >= 15 is 0 Å². The molecule has 1 aliphatic carbocycles. The summed E-state index contributed by atoms with van der Waals surface area (Å²) in [6, 6.07) is 4.10. The molecule has 1 heterocycles. The number of nitrogens with one attached hydrogen (secondary N) is 1. The number of allylic oxidation sites excluding steroid dienone is 2. The highest BCUT2D eigenvalue weighted by Crippen LogP contribution is 2.39. The molecule has 0 radical (unpaired) electrons. The van der Waals surface area contributed by atoms with E-state index < -0.39 is 17.8 Å². The number of alkyl halides is 3. The lowest BCUT2D eigenvalue weighted by Gasteiger charge is -2.18. The fourth-order valence-corrected chi connectivity index (χ4v) is 2.61. The number of carbonyl (C=O) groups is 1. The van der Waals surface area contributed by atoms with E-state index in [1.54, 1.807) is 6.07 Å². The van der Waals surface area contributed by atoms with Crippen molar-refractivity contribution < 1.29 is 22.7 Å². The third-order valence-electron chi connectivity index (χ3n) is 3.67. The van der Waals surface area contributed by atoms with Gasteiger partial charge >= 0.3 is 12.3 Å². The number of halogens is 3. The Morgan fingerprint density at radius 2 is 2.09 bits per heavy atom. The van der Waals surface area contributed by atoms with Crippen LogP contribution in [0.25, 0.3) is 5.57 Å². The van der Waals surface area contributed by atoms with E-state index in [1.807, 2.05) is 6.08 Å². The van der Waals surface area contributed by atoms with Gasteiger partial charge in [0.15, 0.2) is 0 Å². The number of hydrogen-bond donors (Lipinski definition) is 1. The lowest BCUT2D eigenvalue weighted by molar-refractivity contribution is -0.137. The van der Waals surface area contributed by atoms with E-state index in [1.165, 1.54) is 6.07 Å². The van der Waals surface area contributed by atoms with E-state index in [0.29, 0.717) is 6.42 Å². The van der Waals surface area contributed by atoms with Gasteiger partial charge in [-0.2, -0.15) is 18.3 Å². The number of hydrogen-bond acceptors (Lipinski definition) is 3. The first-order chi connectivity index (χ1) is 10.4. The van der Waals surface area contributed by atoms with Crippen LogP contribution in [-0.4, -0.2) is 18.4 Å². The van der Waals surface area contributed by atoms with Crippen molar-refractivity contribution in [1.29, 1.82) is 0 Å². The van der Waals surface area contributed by atoms with Crippen LogP contribution in [0.15, 0.2) is 29.4 Å². The number of rotatable bonds is 2. The summed E-state index contributed by atoms with van der Waals surface area (Å²) < 4.78 is 44.8. The van der Waals surface area contributed by atoms with Crippen molar-refractivity contribution >= 4 is 17.4 Å². The fourth-order valence-electron chi connectivity index (χ4n) is 2.61. The summed E-state index contributed by atoms with van der Waals surface area (Å²) in [5, 5.41) is 3.74. The van der Waals surface area contributed by atoms with Crippen LogP contribution in [0.1, 0.15) is 36.0 Å². The van der Waals surface area contributed by atoms with Gasteiger partial charge in [-0.3, -0.25) is 0 Å². The van der Waals surface area contributed by atoms with E-state index in [4.69, 9.17) is 4.74 Å². The summed E-state index contributed by atoms with van der Waals surface area (Å²) >= 11 is 0. The molecule has 1 amide bonds. The topological polar surface area (TPSA) is 50.7 Å². The van der Waals surface area contributed by atoms with Crippen LogP contribution in [0.5, 0.6) is 0 Å². The minimum atomic E-state index is -4.45. The predicted octanol–water partition coefficient (Wildman–Crippen LogP) is 3.72. The maximum atomic E-state index is 13.3. The Balaban J connectivity index is 2.03. The van der Waals surface area contributed by atoms with Crippen molar-refractivity contribution in [2.45, 2.75) is 25.4 Å². The van der Waals surface area contributed by atoms with E-state index in [9.17, 15) is 18.0 Å². The number of cyclic esters (lactones) is 1. The second kappa shape index (κ2) is 5.47. The number of hydrazone groups is 1. The summed E-state index contributed by atoms with van der Waals surface area (Å²) in [4.78, 5) is 10.9. The highest BCUT2D eigenvalue weighted by Gasteiger charge is 2.35. The maximum absolute atomic E-state index is 13.3. The van der Waals surface area contributed by atoms with Crippen LogP contribution in [-0.2, 0) is 10.9 Å².